The summed E-state index contributed by atoms with van der Waals surface area (Å²) in [5.41, 5.74) is 2.17. The van der Waals surface area contributed by atoms with E-state index < -0.39 is 12.0 Å². The Hall–Kier alpha value is -2.08. The molecular formula is C17H26N2O4. The summed E-state index contributed by atoms with van der Waals surface area (Å²) in [4.78, 5) is 23.9. The van der Waals surface area contributed by atoms with Crippen LogP contribution >= 0.6 is 0 Å². The van der Waals surface area contributed by atoms with Crippen LogP contribution in [0.25, 0.3) is 0 Å². The van der Waals surface area contributed by atoms with E-state index in [1.165, 1.54) is 6.92 Å². The Labute approximate surface area is 137 Å². The SMILES string of the molecule is CC(=O)NCCN(CCOc1cc(C)ccc1C)C(C)C(=O)O. The summed E-state index contributed by atoms with van der Waals surface area (Å²) in [6.07, 6.45) is 0. The lowest BCUT2D eigenvalue weighted by Gasteiger charge is -2.26. The topological polar surface area (TPSA) is 78.9 Å². The number of benzene rings is 1. The van der Waals surface area contributed by atoms with E-state index in [0.717, 1.165) is 16.9 Å². The van der Waals surface area contributed by atoms with Gasteiger partial charge in [-0.2, -0.15) is 0 Å². The van der Waals surface area contributed by atoms with Gasteiger partial charge in [-0.1, -0.05) is 12.1 Å². The fourth-order valence-corrected chi connectivity index (χ4v) is 2.17. The second kappa shape index (κ2) is 9.15. The van der Waals surface area contributed by atoms with E-state index in [4.69, 9.17) is 4.74 Å². The molecule has 0 heterocycles. The Bertz CT molecular complexity index is 545. The Morgan fingerprint density at radius 1 is 1.30 bits per heavy atom. The zero-order chi connectivity index (χ0) is 17.4. The number of ether oxygens (including phenoxy) is 1. The molecule has 2 N–H and O–H groups in total. The van der Waals surface area contributed by atoms with Gasteiger partial charge in [-0.05, 0) is 38.0 Å². The van der Waals surface area contributed by atoms with Crippen molar-refractivity contribution in [2.45, 2.75) is 33.7 Å². The van der Waals surface area contributed by atoms with Gasteiger partial charge in [0.25, 0.3) is 0 Å². The van der Waals surface area contributed by atoms with Gasteiger partial charge in [0, 0.05) is 26.6 Å². The van der Waals surface area contributed by atoms with Crippen LogP contribution in [0.4, 0.5) is 0 Å². The molecule has 1 aromatic carbocycles. The zero-order valence-electron chi connectivity index (χ0n) is 14.3. The van der Waals surface area contributed by atoms with Crippen LogP contribution in [0.1, 0.15) is 25.0 Å². The van der Waals surface area contributed by atoms with Crippen molar-refractivity contribution in [3.63, 3.8) is 0 Å². The number of amides is 1. The predicted molar refractivity (Wildman–Crippen MR) is 88.8 cm³/mol. The quantitative estimate of drug-likeness (QED) is 0.722. The maximum Gasteiger partial charge on any atom is 0.320 e. The average molecular weight is 322 g/mol. The summed E-state index contributed by atoms with van der Waals surface area (Å²) in [5, 5.41) is 11.9. The summed E-state index contributed by atoms with van der Waals surface area (Å²) in [7, 11) is 0. The van der Waals surface area contributed by atoms with E-state index in [1.54, 1.807) is 11.8 Å². The van der Waals surface area contributed by atoms with E-state index in [-0.39, 0.29) is 5.91 Å². The smallest absolute Gasteiger partial charge is 0.320 e. The number of carboxylic acid groups (broad SMARTS) is 1. The molecule has 0 aliphatic rings. The second-order valence-electron chi connectivity index (χ2n) is 5.65. The molecule has 23 heavy (non-hydrogen) atoms. The van der Waals surface area contributed by atoms with Crippen LogP contribution < -0.4 is 10.1 Å². The molecule has 6 nitrogen and oxygen atoms in total. The molecule has 128 valence electrons. The average Bonchev–Trinajstić information content (AvgIpc) is 2.48. The zero-order valence-corrected chi connectivity index (χ0v) is 14.3. The van der Waals surface area contributed by atoms with Gasteiger partial charge in [0.05, 0.1) is 0 Å². The Balaban J connectivity index is 2.57. The summed E-state index contributed by atoms with van der Waals surface area (Å²) in [5.74, 6) is -0.200. The maximum atomic E-state index is 11.2. The lowest BCUT2D eigenvalue weighted by atomic mass is 10.1. The molecule has 1 unspecified atom stereocenters. The normalized spacial score (nSPS) is 12.0. The van der Waals surface area contributed by atoms with Gasteiger partial charge in [-0.3, -0.25) is 14.5 Å². The molecule has 0 fully saturated rings. The first-order chi connectivity index (χ1) is 10.8. The van der Waals surface area contributed by atoms with Crippen LogP contribution in [0.3, 0.4) is 0 Å². The molecule has 6 heteroatoms. The minimum atomic E-state index is -0.889. The number of aryl methyl sites for hydroxylation is 2. The number of carbonyl (C=O) groups excluding carboxylic acids is 1. The molecule has 1 amide bonds. The Kier molecular flexibility index (Phi) is 7.54. The van der Waals surface area contributed by atoms with E-state index in [1.807, 2.05) is 32.0 Å². The van der Waals surface area contributed by atoms with Crippen LogP contribution in [0, 0.1) is 13.8 Å². The number of nitrogens with one attached hydrogen (secondary N) is 1. The van der Waals surface area contributed by atoms with Crippen molar-refractivity contribution in [2.75, 3.05) is 26.2 Å². The van der Waals surface area contributed by atoms with Gasteiger partial charge in [0.15, 0.2) is 0 Å². The third kappa shape index (κ3) is 6.69. The lowest BCUT2D eigenvalue weighted by Crippen LogP contribution is -2.45. The molecule has 0 aliphatic carbocycles. The van der Waals surface area contributed by atoms with Gasteiger partial charge < -0.3 is 15.2 Å². The minimum Gasteiger partial charge on any atom is -0.492 e. The second-order valence-corrected chi connectivity index (χ2v) is 5.65. The monoisotopic (exact) mass is 322 g/mol. The fraction of sp³-hybridized carbons (Fsp3) is 0.529. The number of hydrogen-bond donors (Lipinski definition) is 2. The molecule has 0 radical (unpaired) electrons. The molecule has 1 rings (SSSR count). The predicted octanol–water partition coefficient (Wildman–Crippen LogP) is 1.59. The molecule has 0 aliphatic heterocycles. The van der Waals surface area contributed by atoms with Crippen molar-refractivity contribution in [1.82, 2.24) is 10.2 Å². The molecule has 0 spiro atoms. The molecular weight excluding hydrogens is 296 g/mol. The van der Waals surface area contributed by atoms with Crippen LogP contribution in [-0.2, 0) is 9.59 Å². The highest BCUT2D eigenvalue weighted by Gasteiger charge is 2.20. The van der Waals surface area contributed by atoms with Gasteiger partial charge in [-0.15, -0.1) is 0 Å². The third-order valence-electron chi connectivity index (χ3n) is 3.66. The molecule has 0 bridgehead atoms. The van der Waals surface area contributed by atoms with Crippen molar-refractivity contribution in [1.29, 1.82) is 0 Å². The summed E-state index contributed by atoms with van der Waals surface area (Å²) in [6.45, 7) is 8.78. The Morgan fingerprint density at radius 3 is 2.61 bits per heavy atom. The fourth-order valence-electron chi connectivity index (χ4n) is 2.17. The summed E-state index contributed by atoms with van der Waals surface area (Å²) < 4.78 is 5.78. The van der Waals surface area contributed by atoms with Crippen molar-refractivity contribution in [2.24, 2.45) is 0 Å². The van der Waals surface area contributed by atoms with E-state index >= 15 is 0 Å². The lowest BCUT2D eigenvalue weighted by molar-refractivity contribution is -0.142. The number of hydrogen-bond acceptors (Lipinski definition) is 4. The summed E-state index contributed by atoms with van der Waals surface area (Å²) >= 11 is 0. The third-order valence-corrected chi connectivity index (χ3v) is 3.66. The molecule has 1 aromatic rings. The van der Waals surface area contributed by atoms with E-state index in [2.05, 4.69) is 5.32 Å². The van der Waals surface area contributed by atoms with E-state index in [0.29, 0.717) is 26.2 Å². The number of carbonyl (C=O) groups is 2. The first-order valence-electron chi connectivity index (χ1n) is 7.72. The van der Waals surface area contributed by atoms with Gasteiger partial charge in [0.1, 0.15) is 18.4 Å². The van der Waals surface area contributed by atoms with Gasteiger partial charge in [-0.25, -0.2) is 0 Å². The number of nitrogens with zero attached hydrogens (tertiary/aromatic N) is 1. The number of carboxylic acids is 1. The van der Waals surface area contributed by atoms with Crippen molar-refractivity contribution in [3.05, 3.63) is 29.3 Å². The Morgan fingerprint density at radius 2 is 2.00 bits per heavy atom. The molecule has 0 saturated heterocycles. The maximum absolute atomic E-state index is 11.2. The summed E-state index contributed by atoms with van der Waals surface area (Å²) in [6, 6.07) is 5.36. The highest BCUT2D eigenvalue weighted by molar-refractivity contribution is 5.73. The van der Waals surface area contributed by atoms with Crippen LogP contribution in [-0.4, -0.2) is 54.2 Å². The van der Waals surface area contributed by atoms with Gasteiger partial charge >= 0.3 is 5.97 Å². The molecule has 0 aromatic heterocycles. The van der Waals surface area contributed by atoms with Crippen LogP contribution in [0.5, 0.6) is 5.75 Å². The van der Waals surface area contributed by atoms with Gasteiger partial charge in [0.2, 0.25) is 5.91 Å². The molecule has 0 saturated carbocycles. The van der Waals surface area contributed by atoms with Crippen molar-refractivity contribution in [3.8, 4) is 5.75 Å². The number of rotatable bonds is 9. The first-order valence-corrected chi connectivity index (χ1v) is 7.72. The molecule has 1 atom stereocenters. The highest BCUT2D eigenvalue weighted by atomic mass is 16.5. The first kappa shape index (κ1) is 19.0. The number of aliphatic carboxylic acids is 1. The largest absolute Gasteiger partial charge is 0.492 e. The van der Waals surface area contributed by atoms with Crippen molar-refractivity contribution >= 4 is 11.9 Å². The van der Waals surface area contributed by atoms with E-state index in [9.17, 15) is 14.7 Å². The van der Waals surface area contributed by atoms with Crippen LogP contribution in [0.15, 0.2) is 18.2 Å². The van der Waals surface area contributed by atoms with Crippen LogP contribution in [0.2, 0.25) is 0 Å². The standard InChI is InChI=1S/C17H26N2O4/c1-12-5-6-13(2)16(11-12)23-10-9-19(14(3)17(21)22)8-7-18-15(4)20/h5-6,11,14H,7-10H2,1-4H3,(H,18,20)(H,21,22). The minimum absolute atomic E-state index is 0.125. The van der Waals surface area contributed by atoms with Crippen molar-refractivity contribution < 1.29 is 19.4 Å². The highest BCUT2D eigenvalue weighted by Crippen LogP contribution is 2.19.